The van der Waals surface area contributed by atoms with Gasteiger partial charge in [0, 0.05) is 25.8 Å². The van der Waals surface area contributed by atoms with Crippen LogP contribution in [0, 0.1) is 5.82 Å². The molecule has 1 aliphatic rings. The fourth-order valence-corrected chi connectivity index (χ4v) is 4.28. The van der Waals surface area contributed by atoms with Crippen LogP contribution in [0.4, 0.5) is 4.39 Å². The number of ether oxygens (including phenoxy) is 1. The molecule has 5 rings (SSSR count). The summed E-state index contributed by atoms with van der Waals surface area (Å²) in [6, 6.07) is 18.9. The molecule has 1 saturated heterocycles. The fraction of sp³-hybridized carbons (Fsp3) is 0.231. The Morgan fingerprint density at radius 1 is 1.03 bits per heavy atom. The predicted octanol–water partition coefficient (Wildman–Crippen LogP) is 4.91. The summed E-state index contributed by atoms with van der Waals surface area (Å²) < 4.78 is 25.0. The number of rotatable bonds is 5. The number of fused-ring (bicyclic) bond motifs is 2. The van der Waals surface area contributed by atoms with Crippen molar-refractivity contribution in [2.45, 2.75) is 25.5 Å². The van der Waals surface area contributed by atoms with Gasteiger partial charge in [0.25, 0.3) is 5.91 Å². The van der Waals surface area contributed by atoms with E-state index in [2.05, 4.69) is 0 Å². The lowest BCUT2D eigenvalue weighted by Crippen LogP contribution is -2.37. The Balaban J connectivity index is 1.52. The third kappa shape index (κ3) is 4.01. The van der Waals surface area contributed by atoms with Crippen molar-refractivity contribution in [1.82, 2.24) is 4.90 Å². The molecule has 0 unspecified atom stereocenters. The molecule has 4 aromatic rings. The van der Waals surface area contributed by atoms with Gasteiger partial charge in [-0.1, -0.05) is 42.5 Å². The minimum Gasteiger partial charge on any atom is -0.451 e. The summed E-state index contributed by atoms with van der Waals surface area (Å²) in [5.74, 6) is -0.982. The van der Waals surface area contributed by atoms with Crippen molar-refractivity contribution in [3.63, 3.8) is 0 Å². The second kappa shape index (κ2) is 8.55. The van der Waals surface area contributed by atoms with Crippen LogP contribution < -0.4 is 5.43 Å². The SMILES string of the molecule is O=C(c1cc(=O)c2cc(F)ccc2o1)N(Cc1cccc2ccccc12)C[C@@H]1CCCO1. The van der Waals surface area contributed by atoms with Gasteiger partial charge in [0.05, 0.1) is 11.5 Å². The summed E-state index contributed by atoms with van der Waals surface area (Å²) in [6.45, 7) is 1.43. The summed E-state index contributed by atoms with van der Waals surface area (Å²) in [6.07, 6.45) is 1.77. The molecule has 0 N–H and O–H groups in total. The number of carbonyl (C=O) groups excluding carboxylic acids is 1. The van der Waals surface area contributed by atoms with E-state index in [4.69, 9.17) is 9.15 Å². The topological polar surface area (TPSA) is 59.8 Å². The Morgan fingerprint density at radius 3 is 2.72 bits per heavy atom. The molecule has 1 fully saturated rings. The van der Waals surface area contributed by atoms with E-state index in [0.717, 1.165) is 41.3 Å². The van der Waals surface area contributed by atoms with E-state index >= 15 is 0 Å². The van der Waals surface area contributed by atoms with E-state index in [1.807, 2.05) is 42.5 Å². The smallest absolute Gasteiger partial charge is 0.290 e. The van der Waals surface area contributed by atoms with Gasteiger partial charge in [-0.3, -0.25) is 9.59 Å². The van der Waals surface area contributed by atoms with E-state index < -0.39 is 17.2 Å². The maximum Gasteiger partial charge on any atom is 0.290 e. The number of amides is 1. The average Bonchev–Trinajstić information content (AvgIpc) is 3.32. The van der Waals surface area contributed by atoms with Crippen LogP contribution in [-0.4, -0.2) is 30.1 Å². The van der Waals surface area contributed by atoms with Gasteiger partial charge in [0.1, 0.15) is 11.4 Å². The molecule has 0 spiro atoms. The molecule has 2 heterocycles. The van der Waals surface area contributed by atoms with Gasteiger partial charge >= 0.3 is 0 Å². The highest BCUT2D eigenvalue weighted by Crippen LogP contribution is 2.23. The molecule has 1 atom stereocenters. The maximum atomic E-state index is 13.5. The zero-order chi connectivity index (χ0) is 22.1. The van der Waals surface area contributed by atoms with Crippen molar-refractivity contribution < 1.29 is 18.3 Å². The van der Waals surface area contributed by atoms with Crippen molar-refractivity contribution in [2.75, 3.05) is 13.2 Å². The van der Waals surface area contributed by atoms with Gasteiger partial charge in [-0.15, -0.1) is 0 Å². The molecular weight excluding hydrogens is 409 g/mol. The minimum atomic E-state index is -0.528. The first-order valence-corrected chi connectivity index (χ1v) is 10.7. The Kier molecular flexibility index (Phi) is 5.45. The highest BCUT2D eigenvalue weighted by Gasteiger charge is 2.26. The van der Waals surface area contributed by atoms with Gasteiger partial charge in [-0.25, -0.2) is 4.39 Å². The van der Waals surface area contributed by atoms with Gasteiger partial charge in [0.15, 0.2) is 11.2 Å². The lowest BCUT2D eigenvalue weighted by Gasteiger charge is -2.25. The molecular formula is C26H22FNO4. The Bertz CT molecular complexity index is 1350. The van der Waals surface area contributed by atoms with Crippen LogP contribution in [0.1, 0.15) is 29.0 Å². The van der Waals surface area contributed by atoms with Crippen molar-refractivity contribution in [1.29, 1.82) is 0 Å². The molecule has 0 aliphatic carbocycles. The summed E-state index contributed by atoms with van der Waals surface area (Å²) in [4.78, 5) is 27.7. The van der Waals surface area contributed by atoms with Crippen LogP contribution in [-0.2, 0) is 11.3 Å². The van der Waals surface area contributed by atoms with Crippen molar-refractivity contribution in [2.24, 2.45) is 0 Å². The molecule has 5 nitrogen and oxygen atoms in total. The molecule has 0 saturated carbocycles. The highest BCUT2D eigenvalue weighted by atomic mass is 19.1. The quantitative estimate of drug-likeness (QED) is 0.451. The first kappa shape index (κ1) is 20.4. The third-order valence-electron chi connectivity index (χ3n) is 5.88. The van der Waals surface area contributed by atoms with Crippen molar-refractivity contribution >= 4 is 27.6 Å². The largest absolute Gasteiger partial charge is 0.451 e. The first-order valence-electron chi connectivity index (χ1n) is 10.7. The number of halogens is 1. The molecule has 162 valence electrons. The van der Waals surface area contributed by atoms with Crippen molar-refractivity contribution in [3.8, 4) is 0 Å². The summed E-state index contributed by atoms with van der Waals surface area (Å²) in [7, 11) is 0. The van der Waals surface area contributed by atoms with Gasteiger partial charge < -0.3 is 14.1 Å². The molecule has 0 bridgehead atoms. The fourth-order valence-electron chi connectivity index (χ4n) is 4.28. The zero-order valence-electron chi connectivity index (χ0n) is 17.4. The number of hydrogen-bond donors (Lipinski definition) is 0. The number of benzene rings is 3. The third-order valence-corrected chi connectivity index (χ3v) is 5.88. The first-order chi connectivity index (χ1) is 15.6. The van der Waals surface area contributed by atoms with E-state index in [-0.39, 0.29) is 22.8 Å². The monoisotopic (exact) mass is 431 g/mol. The molecule has 32 heavy (non-hydrogen) atoms. The molecule has 1 amide bonds. The zero-order valence-corrected chi connectivity index (χ0v) is 17.4. The molecule has 1 aromatic heterocycles. The highest BCUT2D eigenvalue weighted by molar-refractivity contribution is 5.94. The standard InChI is InChI=1S/C26H22FNO4/c27-19-10-11-24-22(13-19)23(29)14-25(32-24)26(30)28(16-20-8-4-12-31-20)15-18-7-3-6-17-5-1-2-9-21(17)18/h1-3,5-7,9-11,13-14,20H,4,8,12,15-16H2/t20-/m0/s1. The van der Waals surface area contributed by atoms with Crippen LogP contribution in [0.25, 0.3) is 21.7 Å². The Hall–Kier alpha value is -3.51. The van der Waals surface area contributed by atoms with Crippen LogP contribution in [0.3, 0.4) is 0 Å². The van der Waals surface area contributed by atoms with Gasteiger partial charge in [-0.2, -0.15) is 0 Å². The molecule has 1 aliphatic heterocycles. The average molecular weight is 431 g/mol. The number of hydrogen-bond acceptors (Lipinski definition) is 4. The second-order valence-electron chi connectivity index (χ2n) is 8.07. The maximum absolute atomic E-state index is 13.5. The Labute approximate surface area is 184 Å². The molecule has 6 heteroatoms. The summed E-state index contributed by atoms with van der Waals surface area (Å²) in [5, 5.41) is 2.27. The lowest BCUT2D eigenvalue weighted by molar-refractivity contribution is 0.0485. The Morgan fingerprint density at radius 2 is 1.88 bits per heavy atom. The van der Waals surface area contributed by atoms with E-state index in [9.17, 15) is 14.0 Å². The summed E-state index contributed by atoms with van der Waals surface area (Å²) in [5.41, 5.74) is 0.737. The van der Waals surface area contributed by atoms with Gasteiger partial charge in [0.2, 0.25) is 0 Å². The van der Waals surface area contributed by atoms with E-state index in [1.165, 1.54) is 12.1 Å². The normalized spacial score (nSPS) is 16.0. The van der Waals surface area contributed by atoms with Crippen LogP contribution >= 0.6 is 0 Å². The van der Waals surface area contributed by atoms with Crippen LogP contribution in [0.2, 0.25) is 0 Å². The van der Waals surface area contributed by atoms with Gasteiger partial charge in [-0.05, 0) is 47.4 Å². The molecule has 3 aromatic carbocycles. The number of nitrogens with zero attached hydrogens (tertiary/aromatic N) is 1. The minimum absolute atomic E-state index is 0.0600. The molecule has 0 radical (unpaired) electrons. The van der Waals surface area contributed by atoms with Crippen LogP contribution in [0.5, 0.6) is 0 Å². The van der Waals surface area contributed by atoms with E-state index in [0.29, 0.717) is 19.7 Å². The predicted molar refractivity (Wildman–Crippen MR) is 120 cm³/mol. The van der Waals surface area contributed by atoms with E-state index in [1.54, 1.807) is 4.90 Å². The summed E-state index contributed by atoms with van der Waals surface area (Å²) >= 11 is 0. The van der Waals surface area contributed by atoms with Crippen molar-refractivity contribution in [3.05, 3.63) is 94.1 Å². The number of carbonyl (C=O) groups is 1. The van der Waals surface area contributed by atoms with Crippen LogP contribution in [0.15, 0.2) is 75.9 Å². The second-order valence-corrected chi connectivity index (χ2v) is 8.07. The lowest BCUT2D eigenvalue weighted by atomic mass is 10.0.